The number of hydrogen-bond acceptors (Lipinski definition) is 4. The first-order valence-electron chi connectivity index (χ1n) is 7.66. The Morgan fingerprint density at radius 2 is 1.91 bits per heavy atom. The number of ketones is 1. The number of aromatic hydroxyl groups is 1. The highest BCUT2D eigenvalue weighted by molar-refractivity contribution is 5.94. The molecular formula is C18H22O4. The van der Waals surface area contributed by atoms with E-state index in [1.807, 2.05) is 0 Å². The fraction of sp³-hybridized carbons (Fsp3) is 0.444. The smallest absolute Gasteiger partial charge is 0.337 e. The van der Waals surface area contributed by atoms with Crippen LogP contribution in [0.3, 0.4) is 0 Å². The van der Waals surface area contributed by atoms with Gasteiger partial charge in [0.1, 0.15) is 5.75 Å². The van der Waals surface area contributed by atoms with E-state index >= 15 is 0 Å². The van der Waals surface area contributed by atoms with Gasteiger partial charge >= 0.3 is 5.97 Å². The van der Waals surface area contributed by atoms with Gasteiger partial charge in [-0.05, 0) is 55.5 Å². The zero-order chi connectivity index (χ0) is 16.1. The summed E-state index contributed by atoms with van der Waals surface area (Å²) in [7, 11) is 1.33. The number of rotatable bonds is 4. The van der Waals surface area contributed by atoms with Crippen LogP contribution in [0.4, 0.5) is 0 Å². The Hall–Kier alpha value is -2.10. The Bertz CT molecular complexity index is 595. The topological polar surface area (TPSA) is 63.6 Å². The maximum Gasteiger partial charge on any atom is 0.337 e. The number of esters is 1. The number of hydrogen-bond donors (Lipinski definition) is 1. The molecule has 0 spiro atoms. The van der Waals surface area contributed by atoms with E-state index < -0.39 is 5.97 Å². The lowest BCUT2D eigenvalue weighted by atomic mass is 9.82. The van der Waals surface area contributed by atoms with Crippen molar-refractivity contribution in [1.82, 2.24) is 0 Å². The van der Waals surface area contributed by atoms with Crippen molar-refractivity contribution >= 4 is 17.8 Å². The predicted molar refractivity (Wildman–Crippen MR) is 85.0 cm³/mol. The molecule has 4 heteroatoms. The number of carbonyl (C=O) groups is 2. The second kappa shape index (κ2) is 7.25. The van der Waals surface area contributed by atoms with Crippen LogP contribution in [0.5, 0.6) is 5.75 Å². The second-order valence-corrected chi connectivity index (χ2v) is 5.77. The summed E-state index contributed by atoms with van der Waals surface area (Å²) in [4.78, 5) is 23.0. The van der Waals surface area contributed by atoms with E-state index in [2.05, 4.69) is 0 Å². The molecule has 0 bridgehead atoms. The molecule has 22 heavy (non-hydrogen) atoms. The first kappa shape index (κ1) is 16.3. The molecule has 0 saturated heterocycles. The molecule has 0 radical (unpaired) electrons. The third-order valence-electron chi connectivity index (χ3n) is 4.13. The SMILES string of the molecule is COC(=O)c1cc(/C=C/C(C)=O)c(O)c(C2CCCCC2)c1. The van der Waals surface area contributed by atoms with Crippen molar-refractivity contribution in [3.8, 4) is 5.75 Å². The van der Waals surface area contributed by atoms with Gasteiger partial charge in [0.05, 0.1) is 12.7 Å². The van der Waals surface area contributed by atoms with Crippen LogP contribution in [0.15, 0.2) is 18.2 Å². The average molecular weight is 302 g/mol. The van der Waals surface area contributed by atoms with Crippen molar-refractivity contribution in [2.24, 2.45) is 0 Å². The molecule has 2 rings (SSSR count). The zero-order valence-electron chi connectivity index (χ0n) is 13.1. The van der Waals surface area contributed by atoms with Crippen molar-refractivity contribution in [1.29, 1.82) is 0 Å². The summed E-state index contributed by atoms with van der Waals surface area (Å²) in [5.74, 6) is -0.128. The molecule has 1 saturated carbocycles. The Morgan fingerprint density at radius 3 is 2.50 bits per heavy atom. The number of ether oxygens (including phenoxy) is 1. The molecule has 0 amide bonds. The molecule has 0 atom stereocenters. The maximum absolute atomic E-state index is 11.9. The summed E-state index contributed by atoms with van der Waals surface area (Å²) < 4.78 is 4.79. The molecule has 118 valence electrons. The summed E-state index contributed by atoms with van der Waals surface area (Å²) in [6, 6.07) is 3.29. The Labute approximate surface area is 130 Å². The van der Waals surface area contributed by atoms with Crippen LogP contribution >= 0.6 is 0 Å². The van der Waals surface area contributed by atoms with Gasteiger partial charge < -0.3 is 9.84 Å². The van der Waals surface area contributed by atoms with Gasteiger partial charge in [-0.25, -0.2) is 4.79 Å². The quantitative estimate of drug-likeness (QED) is 0.678. The minimum atomic E-state index is -0.436. The molecule has 1 aromatic rings. The molecule has 1 fully saturated rings. The van der Waals surface area contributed by atoms with Gasteiger partial charge in [0, 0.05) is 5.56 Å². The van der Waals surface area contributed by atoms with Crippen molar-refractivity contribution in [3.63, 3.8) is 0 Å². The third kappa shape index (κ3) is 3.75. The first-order chi connectivity index (χ1) is 10.5. The van der Waals surface area contributed by atoms with Gasteiger partial charge in [0.15, 0.2) is 5.78 Å². The summed E-state index contributed by atoms with van der Waals surface area (Å²) >= 11 is 0. The molecular weight excluding hydrogens is 280 g/mol. The summed E-state index contributed by atoms with van der Waals surface area (Å²) in [5.41, 5.74) is 1.67. The summed E-state index contributed by atoms with van der Waals surface area (Å²) in [6.07, 6.45) is 8.43. The lowest BCUT2D eigenvalue weighted by Gasteiger charge is -2.24. The molecule has 0 aliphatic heterocycles. The lowest BCUT2D eigenvalue weighted by molar-refractivity contribution is -0.112. The maximum atomic E-state index is 11.9. The number of phenols is 1. The molecule has 1 aliphatic carbocycles. The minimum Gasteiger partial charge on any atom is -0.507 e. The molecule has 1 N–H and O–H groups in total. The van der Waals surface area contributed by atoms with Crippen molar-refractivity contribution in [2.75, 3.05) is 7.11 Å². The van der Waals surface area contributed by atoms with Crippen LogP contribution < -0.4 is 0 Å². The number of methoxy groups -OCH3 is 1. The second-order valence-electron chi connectivity index (χ2n) is 5.77. The highest BCUT2D eigenvalue weighted by atomic mass is 16.5. The Balaban J connectivity index is 2.47. The van der Waals surface area contributed by atoms with E-state index in [9.17, 15) is 14.7 Å². The number of benzene rings is 1. The lowest BCUT2D eigenvalue weighted by Crippen LogP contribution is -2.08. The van der Waals surface area contributed by atoms with Gasteiger partial charge in [0.25, 0.3) is 0 Å². The Morgan fingerprint density at radius 1 is 1.23 bits per heavy atom. The molecule has 1 aromatic carbocycles. The molecule has 4 nitrogen and oxygen atoms in total. The third-order valence-corrected chi connectivity index (χ3v) is 4.13. The van der Waals surface area contributed by atoms with E-state index in [4.69, 9.17) is 4.74 Å². The molecule has 0 aromatic heterocycles. The van der Waals surface area contributed by atoms with Crippen LogP contribution in [0.1, 0.15) is 66.4 Å². The predicted octanol–water partition coefficient (Wildman–Crippen LogP) is 3.83. The summed E-state index contributed by atoms with van der Waals surface area (Å²) in [5, 5.41) is 10.5. The highest BCUT2D eigenvalue weighted by Gasteiger charge is 2.22. The van der Waals surface area contributed by atoms with Gasteiger partial charge in [-0.3, -0.25) is 4.79 Å². The summed E-state index contributed by atoms with van der Waals surface area (Å²) in [6.45, 7) is 1.44. The van der Waals surface area contributed by atoms with Crippen LogP contribution in [-0.2, 0) is 9.53 Å². The van der Waals surface area contributed by atoms with Gasteiger partial charge in [-0.1, -0.05) is 19.3 Å². The molecule has 0 heterocycles. The van der Waals surface area contributed by atoms with E-state index in [0.29, 0.717) is 11.1 Å². The van der Waals surface area contributed by atoms with E-state index in [1.165, 1.54) is 26.5 Å². The van der Waals surface area contributed by atoms with Crippen molar-refractivity contribution < 1.29 is 19.4 Å². The normalized spacial score (nSPS) is 15.9. The number of phenolic OH excluding ortho intramolecular Hbond substituents is 1. The van der Waals surface area contributed by atoms with Crippen molar-refractivity contribution in [2.45, 2.75) is 44.9 Å². The van der Waals surface area contributed by atoms with E-state index in [-0.39, 0.29) is 17.5 Å². The molecule has 1 aliphatic rings. The van der Waals surface area contributed by atoms with Crippen LogP contribution in [0, 0.1) is 0 Å². The average Bonchev–Trinajstić information content (AvgIpc) is 2.53. The number of carbonyl (C=O) groups excluding carboxylic acids is 2. The van der Waals surface area contributed by atoms with Crippen LogP contribution in [-0.4, -0.2) is 24.0 Å². The number of allylic oxidation sites excluding steroid dienone is 1. The van der Waals surface area contributed by atoms with E-state index in [0.717, 1.165) is 31.2 Å². The minimum absolute atomic E-state index is 0.109. The van der Waals surface area contributed by atoms with Crippen LogP contribution in [0.25, 0.3) is 6.08 Å². The largest absolute Gasteiger partial charge is 0.507 e. The highest BCUT2D eigenvalue weighted by Crippen LogP contribution is 2.39. The van der Waals surface area contributed by atoms with Gasteiger partial charge in [-0.15, -0.1) is 0 Å². The molecule has 0 unspecified atom stereocenters. The first-order valence-corrected chi connectivity index (χ1v) is 7.66. The monoisotopic (exact) mass is 302 g/mol. The van der Waals surface area contributed by atoms with Gasteiger partial charge in [-0.2, -0.15) is 0 Å². The van der Waals surface area contributed by atoms with Crippen molar-refractivity contribution in [3.05, 3.63) is 34.9 Å². The van der Waals surface area contributed by atoms with Gasteiger partial charge in [0.2, 0.25) is 0 Å². The van der Waals surface area contributed by atoms with Crippen LogP contribution in [0.2, 0.25) is 0 Å². The fourth-order valence-electron chi connectivity index (χ4n) is 2.97. The van der Waals surface area contributed by atoms with E-state index in [1.54, 1.807) is 18.2 Å². The fourth-order valence-corrected chi connectivity index (χ4v) is 2.97. The Kier molecular flexibility index (Phi) is 5.36. The zero-order valence-corrected chi connectivity index (χ0v) is 13.1. The standard InChI is InChI=1S/C18H22O4/c1-12(19)8-9-14-10-15(18(21)22-2)11-16(17(14)20)13-6-4-3-5-7-13/h8-11,13,20H,3-7H2,1-2H3/b9-8+.